The molecule has 1 aliphatic heterocycles. The van der Waals surface area contributed by atoms with Crippen molar-refractivity contribution in [2.75, 3.05) is 26.7 Å². The standard InChI is InChI=1S/C10H19N3O2S/c1-4-15-16-13-7-9(13)10(14)12-6-5-8(2)11-3/h9,11H,2,4-7H2,1,3H3,(H,12,14). The van der Waals surface area contributed by atoms with Crippen LogP contribution in [0.2, 0.25) is 0 Å². The molecule has 0 radical (unpaired) electrons. The highest BCUT2D eigenvalue weighted by atomic mass is 32.2. The van der Waals surface area contributed by atoms with E-state index in [0.717, 1.165) is 18.7 Å². The summed E-state index contributed by atoms with van der Waals surface area (Å²) in [6.07, 6.45) is 0.758. The quantitative estimate of drug-likeness (QED) is 0.371. The molecule has 5 nitrogen and oxygen atoms in total. The lowest BCUT2D eigenvalue weighted by atomic mass is 10.3. The molecule has 16 heavy (non-hydrogen) atoms. The minimum absolute atomic E-state index is 0.0283. The Morgan fingerprint density at radius 2 is 2.44 bits per heavy atom. The third kappa shape index (κ3) is 4.42. The van der Waals surface area contributed by atoms with E-state index in [-0.39, 0.29) is 11.9 Å². The topological polar surface area (TPSA) is 53.4 Å². The second-order valence-electron chi connectivity index (χ2n) is 3.49. The third-order valence-electron chi connectivity index (χ3n) is 2.22. The summed E-state index contributed by atoms with van der Waals surface area (Å²) in [6.45, 7) is 7.76. The van der Waals surface area contributed by atoms with E-state index < -0.39 is 0 Å². The summed E-state index contributed by atoms with van der Waals surface area (Å²) in [7, 11) is 1.82. The van der Waals surface area contributed by atoms with Crippen molar-refractivity contribution in [3.8, 4) is 0 Å². The van der Waals surface area contributed by atoms with Crippen LogP contribution in [-0.2, 0) is 8.98 Å². The lowest BCUT2D eigenvalue weighted by Crippen LogP contribution is -2.30. The molecule has 0 saturated carbocycles. The molecule has 1 rings (SSSR count). The van der Waals surface area contributed by atoms with E-state index in [1.807, 2.05) is 18.3 Å². The lowest BCUT2D eigenvalue weighted by Gasteiger charge is -2.06. The van der Waals surface area contributed by atoms with Crippen molar-refractivity contribution in [3.05, 3.63) is 12.3 Å². The first-order valence-corrected chi connectivity index (χ1v) is 6.08. The third-order valence-corrected chi connectivity index (χ3v) is 3.15. The van der Waals surface area contributed by atoms with Crippen LogP contribution in [0, 0.1) is 0 Å². The Balaban J connectivity index is 2.06. The molecule has 1 heterocycles. The Labute approximate surface area is 101 Å². The molecule has 1 amide bonds. The SMILES string of the molecule is C=C(CCNC(=O)C1CN1SOCC)NC. The number of hydrogen-bond donors (Lipinski definition) is 2. The van der Waals surface area contributed by atoms with Gasteiger partial charge in [0, 0.05) is 32.3 Å². The summed E-state index contributed by atoms with van der Waals surface area (Å²) in [6, 6.07) is -0.0283. The van der Waals surface area contributed by atoms with E-state index in [1.54, 1.807) is 0 Å². The maximum absolute atomic E-state index is 11.6. The molecule has 1 fully saturated rings. The molecular formula is C10H19N3O2S. The molecule has 0 aliphatic carbocycles. The van der Waals surface area contributed by atoms with E-state index in [0.29, 0.717) is 13.2 Å². The van der Waals surface area contributed by atoms with Crippen LogP contribution >= 0.6 is 12.2 Å². The number of nitrogens with zero attached hydrogens (tertiary/aromatic N) is 1. The first-order chi connectivity index (χ1) is 7.69. The van der Waals surface area contributed by atoms with Crippen molar-refractivity contribution in [3.63, 3.8) is 0 Å². The summed E-state index contributed by atoms with van der Waals surface area (Å²) in [5.41, 5.74) is 0.927. The first kappa shape index (κ1) is 13.3. The fourth-order valence-corrected chi connectivity index (χ4v) is 1.76. The summed E-state index contributed by atoms with van der Waals surface area (Å²) >= 11 is 1.27. The van der Waals surface area contributed by atoms with Gasteiger partial charge in [0.25, 0.3) is 0 Å². The van der Waals surface area contributed by atoms with Gasteiger partial charge in [-0.3, -0.25) is 4.79 Å². The van der Waals surface area contributed by atoms with Crippen molar-refractivity contribution >= 4 is 18.1 Å². The highest BCUT2D eigenvalue weighted by molar-refractivity contribution is 7.92. The van der Waals surface area contributed by atoms with E-state index in [4.69, 9.17) is 4.18 Å². The van der Waals surface area contributed by atoms with Crippen molar-refractivity contribution < 1.29 is 8.98 Å². The molecule has 6 heteroatoms. The van der Waals surface area contributed by atoms with Gasteiger partial charge in [0.2, 0.25) is 5.91 Å². The molecule has 0 spiro atoms. The molecule has 0 aromatic heterocycles. The number of nitrogens with one attached hydrogen (secondary N) is 2. The van der Waals surface area contributed by atoms with Crippen LogP contribution in [0.3, 0.4) is 0 Å². The fourth-order valence-electron chi connectivity index (χ4n) is 1.12. The van der Waals surface area contributed by atoms with Gasteiger partial charge in [0.1, 0.15) is 6.04 Å². The summed E-state index contributed by atoms with van der Waals surface area (Å²) in [5.74, 6) is 0.0658. The number of hydrogen-bond acceptors (Lipinski definition) is 5. The van der Waals surface area contributed by atoms with Gasteiger partial charge in [-0.25, -0.2) is 4.31 Å². The number of rotatable bonds is 8. The molecule has 0 aromatic rings. The number of carbonyl (C=O) groups is 1. The Bertz CT molecular complexity index is 260. The summed E-state index contributed by atoms with van der Waals surface area (Å²) in [4.78, 5) is 11.6. The van der Waals surface area contributed by atoms with E-state index in [2.05, 4.69) is 17.2 Å². The van der Waals surface area contributed by atoms with Gasteiger partial charge in [-0.1, -0.05) is 6.58 Å². The first-order valence-electron chi connectivity index (χ1n) is 5.38. The molecule has 92 valence electrons. The van der Waals surface area contributed by atoms with Gasteiger partial charge in [-0.2, -0.15) is 0 Å². The molecule has 2 N–H and O–H groups in total. The summed E-state index contributed by atoms with van der Waals surface area (Å²) < 4.78 is 7.04. The van der Waals surface area contributed by atoms with E-state index in [9.17, 15) is 4.79 Å². The molecule has 0 aromatic carbocycles. The van der Waals surface area contributed by atoms with Crippen molar-refractivity contribution in [2.45, 2.75) is 19.4 Å². The van der Waals surface area contributed by atoms with Crippen LogP contribution in [0.15, 0.2) is 12.3 Å². The second kappa shape index (κ2) is 6.78. The van der Waals surface area contributed by atoms with Crippen LogP contribution in [0.25, 0.3) is 0 Å². The maximum atomic E-state index is 11.6. The zero-order valence-corrected chi connectivity index (χ0v) is 10.6. The average molecular weight is 245 g/mol. The zero-order valence-electron chi connectivity index (χ0n) is 9.78. The second-order valence-corrected chi connectivity index (χ2v) is 4.34. The number of amides is 1. The van der Waals surface area contributed by atoms with Crippen molar-refractivity contribution in [1.82, 2.24) is 14.9 Å². The van der Waals surface area contributed by atoms with Crippen molar-refractivity contribution in [2.24, 2.45) is 0 Å². The Morgan fingerprint density at radius 3 is 3.06 bits per heavy atom. The van der Waals surface area contributed by atoms with Crippen molar-refractivity contribution in [1.29, 1.82) is 0 Å². The molecule has 1 saturated heterocycles. The Morgan fingerprint density at radius 1 is 1.69 bits per heavy atom. The van der Waals surface area contributed by atoms with Crippen LogP contribution in [-0.4, -0.2) is 43.0 Å². The highest BCUT2D eigenvalue weighted by Gasteiger charge is 2.41. The molecular weight excluding hydrogens is 226 g/mol. The molecule has 2 unspecified atom stereocenters. The van der Waals surface area contributed by atoms with Gasteiger partial charge < -0.3 is 14.8 Å². The van der Waals surface area contributed by atoms with E-state index >= 15 is 0 Å². The summed E-state index contributed by atoms with van der Waals surface area (Å²) in [5, 5.41) is 5.81. The van der Waals surface area contributed by atoms with Gasteiger partial charge in [-0.05, 0) is 6.92 Å². The van der Waals surface area contributed by atoms with Gasteiger partial charge in [-0.15, -0.1) is 0 Å². The molecule has 2 atom stereocenters. The monoisotopic (exact) mass is 245 g/mol. The van der Waals surface area contributed by atoms with Crippen LogP contribution in [0.5, 0.6) is 0 Å². The Kier molecular flexibility index (Phi) is 5.65. The van der Waals surface area contributed by atoms with Crippen LogP contribution < -0.4 is 10.6 Å². The van der Waals surface area contributed by atoms with Crippen LogP contribution in [0.4, 0.5) is 0 Å². The minimum Gasteiger partial charge on any atom is -0.392 e. The lowest BCUT2D eigenvalue weighted by molar-refractivity contribution is -0.120. The highest BCUT2D eigenvalue weighted by Crippen LogP contribution is 2.28. The van der Waals surface area contributed by atoms with E-state index in [1.165, 1.54) is 12.2 Å². The van der Waals surface area contributed by atoms with Crippen LogP contribution in [0.1, 0.15) is 13.3 Å². The molecule has 1 aliphatic rings. The van der Waals surface area contributed by atoms with Gasteiger partial charge in [0.15, 0.2) is 0 Å². The normalized spacial score (nSPS) is 22.6. The fraction of sp³-hybridized carbons (Fsp3) is 0.700. The zero-order chi connectivity index (χ0) is 12.0. The van der Waals surface area contributed by atoms with Gasteiger partial charge >= 0.3 is 0 Å². The largest absolute Gasteiger partial charge is 0.392 e. The van der Waals surface area contributed by atoms with Gasteiger partial charge in [0.05, 0.1) is 18.8 Å². The predicted octanol–water partition coefficient (Wildman–Crippen LogP) is 0.510. The predicted molar refractivity (Wildman–Crippen MR) is 65.5 cm³/mol. The molecule has 0 bridgehead atoms. The smallest absolute Gasteiger partial charge is 0.239 e. The minimum atomic E-state index is -0.0283. The number of carbonyl (C=O) groups excluding carboxylic acids is 1. The average Bonchev–Trinajstić information content (AvgIpc) is 3.05. The Hall–Kier alpha value is -0.720. The maximum Gasteiger partial charge on any atom is 0.239 e.